The van der Waals surface area contributed by atoms with Crippen molar-refractivity contribution in [3.8, 4) is 0 Å². The fraction of sp³-hybridized carbons (Fsp3) is 0.615. The van der Waals surface area contributed by atoms with Gasteiger partial charge in [0.15, 0.2) is 5.69 Å². The number of aromatic nitrogens is 2. The molecule has 2 atom stereocenters. The monoisotopic (exact) mass is 265 g/mol. The summed E-state index contributed by atoms with van der Waals surface area (Å²) in [4.78, 5) is 21.4. The summed E-state index contributed by atoms with van der Waals surface area (Å²) in [6.45, 7) is 0. The Bertz CT molecular complexity index is 435. The molecular formula is C13H19N3O3. The molecule has 0 aliphatic heterocycles. The van der Waals surface area contributed by atoms with Gasteiger partial charge in [-0.2, -0.15) is 0 Å². The second kappa shape index (κ2) is 5.97. The van der Waals surface area contributed by atoms with Gasteiger partial charge in [-0.3, -0.25) is 0 Å². The first-order chi connectivity index (χ1) is 9.13. The SMILES string of the molecule is COC(=O)c1cnc(N(C)C2CCCCC2O)cn1. The van der Waals surface area contributed by atoms with Gasteiger partial charge in [0.05, 0.1) is 31.6 Å². The Morgan fingerprint density at radius 2 is 2.11 bits per heavy atom. The van der Waals surface area contributed by atoms with E-state index in [0.29, 0.717) is 5.82 Å². The van der Waals surface area contributed by atoms with Crippen molar-refractivity contribution in [1.29, 1.82) is 0 Å². The van der Waals surface area contributed by atoms with Crippen molar-refractivity contribution in [3.05, 3.63) is 18.1 Å². The van der Waals surface area contributed by atoms with Crippen molar-refractivity contribution in [2.75, 3.05) is 19.1 Å². The zero-order chi connectivity index (χ0) is 13.8. The minimum absolute atomic E-state index is 0.0621. The van der Waals surface area contributed by atoms with E-state index in [1.54, 1.807) is 0 Å². The van der Waals surface area contributed by atoms with E-state index in [2.05, 4.69) is 14.7 Å². The average Bonchev–Trinajstić information content (AvgIpc) is 2.46. The summed E-state index contributed by atoms with van der Waals surface area (Å²) >= 11 is 0. The standard InChI is InChI=1S/C13H19N3O3/c1-16(10-5-3-4-6-11(10)17)12-8-14-9(7-15-12)13(18)19-2/h7-8,10-11,17H,3-6H2,1-2H3. The van der Waals surface area contributed by atoms with Crippen LogP contribution in [0.2, 0.25) is 0 Å². The van der Waals surface area contributed by atoms with Crippen molar-refractivity contribution in [2.24, 2.45) is 0 Å². The number of nitrogens with zero attached hydrogens (tertiary/aromatic N) is 3. The van der Waals surface area contributed by atoms with Crippen molar-refractivity contribution in [1.82, 2.24) is 9.97 Å². The number of aliphatic hydroxyl groups excluding tert-OH is 1. The first kappa shape index (κ1) is 13.7. The Morgan fingerprint density at radius 3 is 2.68 bits per heavy atom. The Kier molecular flexibility index (Phi) is 4.31. The van der Waals surface area contributed by atoms with Gasteiger partial charge in [-0.05, 0) is 12.8 Å². The highest BCUT2D eigenvalue weighted by molar-refractivity contribution is 5.86. The quantitative estimate of drug-likeness (QED) is 0.822. The van der Waals surface area contributed by atoms with E-state index < -0.39 is 5.97 Å². The molecule has 0 amide bonds. The highest BCUT2D eigenvalue weighted by Gasteiger charge is 2.27. The lowest BCUT2D eigenvalue weighted by Gasteiger charge is -2.35. The van der Waals surface area contributed by atoms with Crippen LogP contribution >= 0.6 is 0 Å². The van der Waals surface area contributed by atoms with E-state index in [-0.39, 0.29) is 17.8 Å². The van der Waals surface area contributed by atoms with E-state index in [9.17, 15) is 9.90 Å². The molecule has 6 heteroatoms. The number of ether oxygens (including phenoxy) is 1. The number of aliphatic hydroxyl groups is 1. The van der Waals surface area contributed by atoms with Gasteiger partial charge in [0.1, 0.15) is 5.82 Å². The van der Waals surface area contributed by atoms with E-state index in [1.807, 2.05) is 11.9 Å². The number of likely N-dealkylation sites (N-methyl/N-ethyl adjacent to an activating group) is 1. The lowest BCUT2D eigenvalue weighted by Crippen LogP contribution is -2.43. The minimum atomic E-state index is -0.501. The Labute approximate surface area is 112 Å². The maximum atomic E-state index is 11.3. The third-order valence-corrected chi connectivity index (χ3v) is 3.59. The van der Waals surface area contributed by atoms with Crippen molar-refractivity contribution >= 4 is 11.8 Å². The van der Waals surface area contributed by atoms with Crippen LogP contribution in [0, 0.1) is 0 Å². The van der Waals surface area contributed by atoms with Crippen LogP contribution in [0.1, 0.15) is 36.2 Å². The maximum Gasteiger partial charge on any atom is 0.358 e. The molecule has 0 radical (unpaired) electrons. The lowest BCUT2D eigenvalue weighted by atomic mass is 9.92. The molecule has 0 bridgehead atoms. The van der Waals surface area contributed by atoms with Crippen molar-refractivity contribution in [2.45, 2.75) is 37.8 Å². The molecule has 1 aliphatic carbocycles. The van der Waals surface area contributed by atoms with E-state index in [1.165, 1.54) is 19.5 Å². The van der Waals surface area contributed by atoms with Crippen LogP contribution in [0.3, 0.4) is 0 Å². The predicted molar refractivity (Wildman–Crippen MR) is 70.0 cm³/mol. The summed E-state index contributed by atoms with van der Waals surface area (Å²) < 4.78 is 4.57. The zero-order valence-corrected chi connectivity index (χ0v) is 11.2. The molecule has 1 N–H and O–H groups in total. The molecule has 1 aliphatic rings. The molecule has 104 valence electrons. The molecular weight excluding hydrogens is 246 g/mol. The molecule has 1 fully saturated rings. The largest absolute Gasteiger partial charge is 0.464 e. The van der Waals surface area contributed by atoms with Gasteiger partial charge in [-0.15, -0.1) is 0 Å². The molecule has 0 aromatic carbocycles. The van der Waals surface area contributed by atoms with Crippen LogP contribution in [0.5, 0.6) is 0 Å². The topological polar surface area (TPSA) is 75.5 Å². The summed E-state index contributed by atoms with van der Waals surface area (Å²) in [5.74, 6) is 0.151. The van der Waals surface area contributed by atoms with Crippen molar-refractivity contribution in [3.63, 3.8) is 0 Å². The number of carbonyl (C=O) groups is 1. The average molecular weight is 265 g/mol. The summed E-state index contributed by atoms with van der Waals surface area (Å²) in [6.07, 6.45) is 6.54. The number of methoxy groups -OCH3 is 1. The van der Waals surface area contributed by atoms with Gasteiger partial charge in [0, 0.05) is 7.05 Å². The number of esters is 1. The summed E-state index contributed by atoms with van der Waals surface area (Å²) in [5.41, 5.74) is 0.184. The Hall–Kier alpha value is -1.69. The number of hydrogen-bond donors (Lipinski definition) is 1. The van der Waals surface area contributed by atoms with Gasteiger partial charge in [0.2, 0.25) is 0 Å². The van der Waals surface area contributed by atoms with E-state index in [0.717, 1.165) is 25.7 Å². The molecule has 1 aromatic rings. The number of anilines is 1. The molecule has 0 spiro atoms. The first-order valence-electron chi connectivity index (χ1n) is 6.44. The molecule has 1 heterocycles. The third kappa shape index (κ3) is 3.01. The highest BCUT2D eigenvalue weighted by atomic mass is 16.5. The van der Waals surface area contributed by atoms with Gasteiger partial charge in [0.25, 0.3) is 0 Å². The van der Waals surface area contributed by atoms with Crippen LogP contribution in [-0.2, 0) is 4.74 Å². The molecule has 6 nitrogen and oxygen atoms in total. The second-order valence-electron chi connectivity index (χ2n) is 4.78. The second-order valence-corrected chi connectivity index (χ2v) is 4.78. The minimum Gasteiger partial charge on any atom is -0.464 e. The summed E-state index contributed by atoms with van der Waals surface area (Å²) in [5, 5.41) is 10.0. The highest BCUT2D eigenvalue weighted by Crippen LogP contribution is 2.25. The fourth-order valence-electron chi connectivity index (χ4n) is 2.43. The fourth-order valence-corrected chi connectivity index (χ4v) is 2.43. The van der Waals surface area contributed by atoms with Gasteiger partial charge in [-0.1, -0.05) is 12.8 Å². The maximum absolute atomic E-state index is 11.3. The predicted octanol–water partition coefficient (Wildman–Crippen LogP) is 1.00. The first-order valence-corrected chi connectivity index (χ1v) is 6.44. The van der Waals surface area contributed by atoms with Crippen molar-refractivity contribution < 1.29 is 14.6 Å². The zero-order valence-electron chi connectivity index (χ0n) is 11.2. The van der Waals surface area contributed by atoms with Crippen LogP contribution in [0.4, 0.5) is 5.82 Å². The Balaban J connectivity index is 2.10. The smallest absolute Gasteiger partial charge is 0.358 e. The van der Waals surface area contributed by atoms with Gasteiger partial charge in [-0.25, -0.2) is 14.8 Å². The third-order valence-electron chi connectivity index (χ3n) is 3.59. The molecule has 19 heavy (non-hydrogen) atoms. The molecule has 2 rings (SSSR count). The Morgan fingerprint density at radius 1 is 1.37 bits per heavy atom. The molecule has 0 saturated heterocycles. The van der Waals surface area contributed by atoms with Gasteiger partial charge >= 0.3 is 5.97 Å². The number of carbonyl (C=O) groups excluding carboxylic acids is 1. The van der Waals surface area contributed by atoms with Gasteiger partial charge < -0.3 is 14.7 Å². The normalized spacial score (nSPS) is 22.9. The molecule has 1 aromatic heterocycles. The molecule has 2 unspecified atom stereocenters. The van der Waals surface area contributed by atoms with Crippen LogP contribution in [-0.4, -0.2) is 47.3 Å². The lowest BCUT2D eigenvalue weighted by molar-refractivity contribution is 0.0593. The number of rotatable bonds is 3. The summed E-state index contributed by atoms with van der Waals surface area (Å²) in [6, 6.07) is 0.0621. The van der Waals surface area contributed by atoms with E-state index >= 15 is 0 Å². The van der Waals surface area contributed by atoms with Crippen LogP contribution < -0.4 is 4.90 Å². The summed E-state index contributed by atoms with van der Waals surface area (Å²) in [7, 11) is 3.20. The van der Waals surface area contributed by atoms with E-state index in [4.69, 9.17) is 0 Å². The molecule has 1 saturated carbocycles. The van der Waals surface area contributed by atoms with Crippen LogP contribution in [0.25, 0.3) is 0 Å². The number of hydrogen-bond acceptors (Lipinski definition) is 6. The van der Waals surface area contributed by atoms with Crippen LogP contribution in [0.15, 0.2) is 12.4 Å².